The van der Waals surface area contributed by atoms with Gasteiger partial charge in [-0.15, -0.1) is 0 Å². The fourth-order valence-corrected chi connectivity index (χ4v) is 2.73. The lowest BCUT2D eigenvalue weighted by Gasteiger charge is -2.27. The van der Waals surface area contributed by atoms with E-state index in [9.17, 15) is 9.18 Å². The lowest BCUT2D eigenvalue weighted by atomic mass is 10.2. The van der Waals surface area contributed by atoms with Crippen molar-refractivity contribution in [2.45, 2.75) is 32.5 Å². The van der Waals surface area contributed by atoms with Crippen molar-refractivity contribution in [1.82, 2.24) is 20.1 Å². The van der Waals surface area contributed by atoms with E-state index >= 15 is 0 Å². The molecule has 0 saturated heterocycles. The minimum Gasteiger partial charge on any atom is -0.336 e. The second-order valence-corrected chi connectivity index (χ2v) is 6.55. The number of halogens is 1. The van der Waals surface area contributed by atoms with Gasteiger partial charge < -0.3 is 15.1 Å². The molecule has 0 bridgehead atoms. The number of aromatic nitrogens is 1. The summed E-state index contributed by atoms with van der Waals surface area (Å²) in [6.07, 6.45) is 4.38. The van der Waals surface area contributed by atoms with E-state index in [2.05, 4.69) is 22.1 Å². The van der Waals surface area contributed by atoms with Crippen molar-refractivity contribution in [3.63, 3.8) is 0 Å². The zero-order chi connectivity index (χ0) is 18.9. The molecule has 0 aliphatic rings. The maximum atomic E-state index is 13.1. The molecule has 0 radical (unpaired) electrons. The number of benzene rings is 1. The SMILES string of the molecule is CCC(CNC(=O)N(Cc1ccncc1)Cc1ccc(F)cc1)N(C)C. The highest BCUT2D eigenvalue weighted by molar-refractivity contribution is 5.74. The van der Waals surface area contributed by atoms with Crippen molar-refractivity contribution >= 4 is 6.03 Å². The van der Waals surface area contributed by atoms with Gasteiger partial charge in [-0.05, 0) is 55.9 Å². The first-order valence-corrected chi connectivity index (χ1v) is 8.82. The number of carbonyl (C=O) groups excluding carboxylic acids is 1. The number of nitrogens with one attached hydrogen (secondary N) is 1. The van der Waals surface area contributed by atoms with Crippen molar-refractivity contribution in [1.29, 1.82) is 0 Å². The minimum atomic E-state index is -0.282. The smallest absolute Gasteiger partial charge is 0.318 e. The molecule has 2 rings (SSSR count). The number of hydrogen-bond acceptors (Lipinski definition) is 3. The minimum absolute atomic E-state index is 0.133. The first-order valence-electron chi connectivity index (χ1n) is 8.82. The van der Waals surface area contributed by atoms with Gasteiger partial charge in [-0.25, -0.2) is 9.18 Å². The summed E-state index contributed by atoms with van der Waals surface area (Å²) in [6, 6.07) is 10.2. The molecule has 0 saturated carbocycles. The molecular formula is C20H27FN4O. The van der Waals surface area contributed by atoms with Crippen LogP contribution in [-0.4, -0.2) is 47.5 Å². The summed E-state index contributed by atoms with van der Waals surface area (Å²) in [5.74, 6) is -0.282. The van der Waals surface area contributed by atoms with E-state index in [1.54, 1.807) is 29.4 Å². The van der Waals surface area contributed by atoms with Gasteiger partial charge in [0.2, 0.25) is 0 Å². The van der Waals surface area contributed by atoms with E-state index in [-0.39, 0.29) is 17.9 Å². The van der Waals surface area contributed by atoms with Gasteiger partial charge in [0.1, 0.15) is 5.82 Å². The summed E-state index contributed by atoms with van der Waals surface area (Å²) < 4.78 is 13.1. The van der Waals surface area contributed by atoms with Crippen LogP contribution >= 0.6 is 0 Å². The first kappa shape index (κ1) is 19.8. The van der Waals surface area contributed by atoms with Gasteiger partial charge in [0, 0.05) is 38.1 Å². The number of carbonyl (C=O) groups is 1. The van der Waals surface area contributed by atoms with Crippen molar-refractivity contribution in [2.24, 2.45) is 0 Å². The van der Waals surface area contributed by atoms with Crippen LogP contribution in [0.5, 0.6) is 0 Å². The second-order valence-electron chi connectivity index (χ2n) is 6.55. The van der Waals surface area contributed by atoms with Crippen LogP contribution in [0.3, 0.4) is 0 Å². The highest BCUT2D eigenvalue weighted by Gasteiger charge is 2.17. The first-order chi connectivity index (χ1) is 12.5. The molecule has 1 aromatic heterocycles. The Morgan fingerprint density at radius 3 is 2.19 bits per heavy atom. The van der Waals surface area contributed by atoms with E-state index in [0.717, 1.165) is 17.5 Å². The zero-order valence-corrected chi connectivity index (χ0v) is 15.7. The Labute approximate surface area is 154 Å². The summed E-state index contributed by atoms with van der Waals surface area (Å²) in [5, 5.41) is 3.02. The molecule has 0 fully saturated rings. The molecule has 26 heavy (non-hydrogen) atoms. The average molecular weight is 358 g/mol. The standard InChI is InChI=1S/C20H27FN4O/c1-4-19(24(2)3)13-23-20(26)25(15-17-9-11-22-12-10-17)14-16-5-7-18(21)8-6-16/h5-12,19H,4,13-15H2,1-3H3,(H,23,26). The maximum Gasteiger partial charge on any atom is 0.318 e. The predicted molar refractivity (Wildman–Crippen MR) is 101 cm³/mol. The normalized spacial score (nSPS) is 12.0. The molecule has 2 aromatic rings. The van der Waals surface area contributed by atoms with Crippen molar-refractivity contribution in [2.75, 3.05) is 20.6 Å². The summed E-state index contributed by atoms with van der Waals surface area (Å²) >= 11 is 0. The summed E-state index contributed by atoms with van der Waals surface area (Å²) in [6.45, 7) is 3.56. The van der Waals surface area contributed by atoms with Crippen molar-refractivity contribution < 1.29 is 9.18 Å². The molecule has 1 aromatic carbocycles. The van der Waals surface area contributed by atoms with Gasteiger partial charge in [-0.3, -0.25) is 4.98 Å². The van der Waals surface area contributed by atoms with Crippen LogP contribution < -0.4 is 5.32 Å². The second kappa shape index (κ2) is 9.87. The van der Waals surface area contributed by atoms with E-state index in [1.807, 2.05) is 26.2 Å². The van der Waals surface area contributed by atoms with Crippen molar-refractivity contribution in [3.05, 3.63) is 65.7 Å². The van der Waals surface area contributed by atoms with Crippen LogP contribution in [0.2, 0.25) is 0 Å². The quantitative estimate of drug-likeness (QED) is 0.788. The van der Waals surface area contributed by atoms with Crippen LogP contribution in [0.4, 0.5) is 9.18 Å². The van der Waals surface area contributed by atoms with Gasteiger partial charge in [0.15, 0.2) is 0 Å². The molecular weight excluding hydrogens is 331 g/mol. The third-order valence-corrected chi connectivity index (χ3v) is 4.39. The molecule has 6 heteroatoms. The van der Waals surface area contributed by atoms with Gasteiger partial charge in [-0.2, -0.15) is 0 Å². The fraction of sp³-hybridized carbons (Fsp3) is 0.400. The monoisotopic (exact) mass is 358 g/mol. The number of hydrogen-bond donors (Lipinski definition) is 1. The maximum absolute atomic E-state index is 13.1. The Hall–Kier alpha value is -2.47. The van der Waals surface area contributed by atoms with Crippen molar-refractivity contribution in [3.8, 4) is 0 Å². The van der Waals surface area contributed by atoms with Gasteiger partial charge in [0.05, 0.1) is 0 Å². The third-order valence-electron chi connectivity index (χ3n) is 4.39. The molecule has 5 nitrogen and oxygen atoms in total. The lowest BCUT2D eigenvalue weighted by molar-refractivity contribution is 0.186. The third kappa shape index (κ3) is 6.11. The number of nitrogens with zero attached hydrogens (tertiary/aromatic N) is 3. The molecule has 1 atom stereocenters. The number of amides is 2. The summed E-state index contributed by atoms with van der Waals surface area (Å²) in [5.41, 5.74) is 1.88. The number of urea groups is 1. The van der Waals surface area contributed by atoms with E-state index < -0.39 is 0 Å². The molecule has 0 aliphatic heterocycles. The van der Waals surface area contributed by atoms with Gasteiger partial charge in [0.25, 0.3) is 0 Å². The number of rotatable bonds is 8. The van der Waals surface area contributed by atoms with Gasteiger partial charge in [-0.1, -0.05) is 19.1 Å². The average Bonchev–Trinajstić information content (AvgIpc) is 2.64. The predicted octanol–water partition coefficient (Wildman–Crippen LogP) is 3.27. The Morgan fingerprint density at radius 1 is 1.08 bits per heavy atom. The molecule has 140 valence electrons. The zero-order valence-electron chi connectivity index (χ0n) is 15.7. The highest BCUT2D eigenvalue weighted by atomic mass is 19.1. The molecule has 1 unspecified atom stereocenters. The van der Waals surface area contributed by atoms with Crippen LogP contribution in [0.1, 0.15) is 24.5 Å². The lowest BCUT2D eigenvalue weighted by Crippen LogP contribution is -2.45. The van der Waals surface area contributed by atoms with Crippen LogP contribution in [-0.2, 0) is 13.1 Å². The summed E-state index contributed by atoms with van der Waals surface area (Å²) in [4.78, 5) is 20.6. The van der Waals surface area contributed by atoms with Crippen LogP contribution in [0.15, 0.2) is 48.8 Å². The number of likely N-dealkylation sites (N-methyl/N-ethyl adjacent to an activating group) is 1. The molecule has 0 spiro atoms. The highest BCUT2D eigenvalue weighted by Crippen LogP contribution is 2.11. The molecule has 2 amide bonds. The molecule has 1 heterocycles. The fourth-order valence-electron chi connectivity index (χ4n) is 2.73. The Kier molecular flexibility index (Phi) is 7.53. The molecule has 1 N–H and O–H groups in total. The van der Waals surface area contributed by atoms with Crippen LogP contribution in [0.25, 0.3) is 0 Å². The number of pyridine rings is 1. The summed E-state index contributed by atoms with van der Waals surface area (Å²) in [7, 11) is 4.02. The Bertz CT molecular complexity index is 676. The Morgan fingerprint density at radius 2 is 1.65 bits per heavy atom. The van der Waals surface area contributed by atoms with Crippen LogP contribution in [0, 0.1) is 5.82 Å². The Balaban J connectivity index is 2.08. The van der Waals surface area contributed by atoms with E-state index in [0.29, 0.717) is 19.6 Å². The van der Waals surface area contributed by atoms with E-state index in [1.165, 1.54) is 12.1 Å². The topological polar surface area (TPSA) is 48.5 Å². The largest absolute Gasteiger partial charge is 0.336 e. The molecule has 0 aliphatic carbocycles. The van der Waals surface area contributed by atoms with Gasteiger partial charge >= 0.3 is 6.03 Å². The van der Waals surface area contributed by atoms with E-state index in [4.69, 9.17) is 0 Å².